The second kappa shape index (κ2) is 3.55. The molecule has 1 aliphatic heterocycles. The molecule has 2 rings (SSSR count). The first-order valence-corrected chi connectivity index (χ1v) is 5.10. The summed E-state index contributed by atoms with van der Waals surface area (Å²) in [7, 11) is 0. The van der Waals surface area contributed by atoms with Crippen molar-refractivity contribution in [2.75, 3.05) is 0 Å². The van der Waals surface area contributed by atoms with Gasteiger partial charge in [0.25, 0.3) is 0 Å². The Hall–Kier alpha value is -1.91. The van der Waals surface area contributed by atoms with Crippen LogP contribution in [0.25, 0.3) is 0 Å². The van der Waals surface area contributed by atoms with Gasteiger partial charge in [-0.25, -0.2) is 14.0 Å². The van der Waals surface area contributed by atoms with E-state index in [-0.39, 0.29) is 12.0 Å². The molecule has 0 amide bonds. The molecule has 0 aromatic heterocycles. The lowest BCUT2D eigenvalue weighted by molar-refractivity contribution is -0.158. The Balaban J connectivity index is 2.59. The van der Waals surface area contributed by atoms with E-state index in [1.807, 2.05) is 0 Å². The topological polar surface area (TPSA) is 63.6 Å². The largest absolute Gasteiger partial charge is 0.478 e. The summed E-state index contributed by atoms with van der Waals surface area (Å²) in [5, 5.41) is 9.03. The van der Waals surface area contributed by atoms with Gasteiger partial charge in [0.15, 0.2) is 0 Å². The molecule has 5 heteroatoms. The maximum Gasteiger partial charge on any atom is 0.348 e. The molecule has 1 N–H and O–H groups in total. The van der Waals surface area contributed by atoms with Crippen molar-refractivity contribution in [3.8, 4) is 0 Å². The number of hydrogen-bond donors (Lipinski definition) is 1. The summed E-state index contributed by atoms with van der Waals surface area (Å²) < 4.78 is 18.3. The van der Waals surface area contributed by atoms with Crippen LogP contribution in [0.5, 0.6) is 0 Å². The first-order chi connectivity index (χ1) is 7.85. The number of aliphatic carboxylic acids is 1. The smallest absolute Gasteiger partial charge is 0.348 e. The molecule has 0 bridgehead atoms. The van der Waals surface area contributed by atoms with Crippen LogP contribution in [0.15, 0.2) is 12.1 Å². The van der Waals surface area contributed by atoms with Crippen molar-refractivity contribution in [2.24, 2.45) is 0 Å². The van der Waals surface area contributed by atoms with Crippen LogP contribution in [-0.4, -0.2) is 22.6 Å². The van der Waals surface area contributed by atoms with Gasteiger partial charge in [0.05, 0.1) is 5.56 Å². The van der Waals surface area contributed by atoms with E-state index < -0.39 is 23.4 Å². The second-order valence-electron chi connectivity index (χ2n) is 4.30. The fourth-order valence-corrected chi connectivity index (χ4v) is 1.90. The third-order valence-electron chi connectivity index (χ3n) is 3.04. The lowest BCUT2D eigenvalue weighted by atomic mass is 9.87. The van der Waals surface area contributed by atoms with Crippen LogP contribution in [0.2, 0.25) is 0 Å². The fraction of sp³-hybridized carbons (Fsp3) is 0.333. The molecule has 90 valence electrons. The molecule has 1 atom stereocenters. The van der Waals surface area contributed by atoms with Crippen LogP contribution in [0.4, 0.5) is 4.39 Å². The number of carboxylic acids is 1. The van der Waals surface area contributed by atoms with E-state index in [1.54, 1.807) is 0 Å². The molecule has 17 heavy (non-hydrogen) atoms. The Morgan fingerprint density at radius 3 is 2.76 bits per heavy atom. The summed E-state index contributed by atoms with van der Waals surface area (Å²) in [5.74, 6) is -2.41. The summed E-state index contributed by atoms with van der Waals surface area (Å²) in [6.07, 6.45) is -0.0208. The van der Waals surface area contributed by atoms with Gasteiger partial charge in [0, 0.05) is 6.42 Å². The number of cyclic esters (lactones) is 1. The molecule has 1 aromatic carbocycles. The highest BCUT2D eigenvalue weighted by Gasteiger charge is 2.43. The average molecular weight is 238 g/mol. The van der Waals surface area contributed by atoms with Crippen LogP contribution < -0.4 is 0 Å². The first-order valence-electron chi connectivity index (χ1n) is 5.10. The third-order valence-corrected chi connectivity index (χ3v) is 3.04. The van der Waals surface area contributed by atoms with Gasteiger partial charge in [0.2, 0.25) is 5.60 Å². The summed E-state index contributed by atoms with van der Waals surface area (Å²) in [6, 6.07) is 2.50. The van der Waals surface area contributed by atoms with Crippen molar-refractivity contribution in [1.29, 1.82) is 0 Å². The standard InChI is InChI=1S/C12H11FO4/c1-6-8-5-12(2,11(15)16)17-10(14)7(8)3-4-9(6)13/h3-4H,5H2,1-2H3,(H,15,16). The fourth-order valence-electron chi connectivity index (χ4n) is 1.90. The highest BCUT2D eigenvalue weighted by Crippen LogP contribution is 2.31. The summed E-state index contributed by atoms with van der Waals surface area (Å²) in [6.45, 7) is 2.83. The Morgan fingerprint density at radius 1 is 1.53 bits per heavy atom. The van der Waals surface area contributed by atoms with Gasteiger partial charge in [-0.1, -0.05) is 0 Å². The van der Waals surface area contributed by atoms with Gasteiger partial charge in [-0.2, -0.15) is 0 Å². The summed E-state index contributed by atoms with van der Waals surface area (Å²) in [5.41, 5.74) is -0.678. The molecule has 0 saturated heterocycles. The zero-order valence-corrected chi connectivity index (χ0v) is 9.41. The number of carbonyl (C=O) groups is 2. The molecular formula is C12H11FO4. The minimum absolute atomic E-state index is 0.0208. The number of halogens is 1. The Bertz CT molecular complexity index is 523. The number of ether oxygens (including phenoxy) is 1. The number of hydrogen-bond acceptors (Lipinski definition) is 3. The number of carbonyl (C=O) groups excluding carboxylic acids is 1. The quantitative estimate of drug-likeness (QED) is 0.756. The Labute approximate surface area is 97.0 Å². The van der Waals surface area contributed by atoms with E-state index in [0.29, 0.717) is 11.1 Å². The molecule has 0 spiro atoms. The minimum Gasteiger partial charge on any atom is -0.478 e. The Kier molecular flexibility index (Phi) is 2.41. The highest BCUT2D eigenvalue weighted by atomic mass is 19.1. The van der Waals surface area contributed by atoms with Gasteiger partial charge in [-0.05, 0) is 37.1 Å². The lowest BCUT2D eigenvalue weighted by Crippen LogP contribution is -2.46. The van der Waals surface area contributed by atoms with E-state index >= 15 is 0 Å². The summed E-state index contributed by atoms with van der Waals surface area (Å²) in [4.78, 5) is 22.7. The molecule has 1 heterocycles. The van der Waals surface area contributed by atoms with Gasteiger partial charge in [-0.3, -0.25) is 0 Å². The van der Waals surface area contributed by atoms with Crippen molar-refractivity contribution in [3.63, 3.8) is 0 Å². The van der Waals surface area contributed by atoms with Crippen LogP contribution in [0.1, 0.15) is 28.4 Å². The van der Waals surface area contributed by atoms with E-state index in [2.05, 4.69) is 0 Å². The van der Waals surface area contributed by atoms with Crippen molar-refractivity contribution in [1.82, 2.24) is 0 Å². The summed E-state index contributed by atoms with van der Waals surface area (Å²) >= 11 is 0. The zero-order valence-electron chi connectivity index (χ0n) is 9.41. The molecule has 0 aliphatic carbocycles. The monoisotopic (exact) mass is 238 g/mol. The van der Waals surface area contributed by atoms with Crippen molar-refractivity contribution in [2.45, 2.75) is 25.9 Å². The van der Waals surface area contributed by atoms with Crippen molar-refractivity contribution < 1.29 is 23.8 Å². The predicted octanol–water partition coefficient (Wildman–Crippen LogP) is 1.69. The molecule has 0 saturated carbocycles. The van der Waals surface area contributed by atoms with Gasteiger partial charge < -0.3 is 9.84 Å². The van der Waals surface area contributed by atoms with Crippen molar-refractivity contribution in [3.05, 3.63) is 34.6 Å². The predicted molar refractivity (Wildman–Crippen MR) is 56.3 cm³/mol. The number of carboxylic acid groups (broad SMARTS) is 1. The molecule has 1 aliphatic rings. The van der Waals surface area contributed by atoms with E-state index in [9.17, 15) is 14.0 Å². The molecular weight excluding hydrogens is 227 g/mol. The van der Waals surface area contributed by atoms with Crippen LogP contribution >= 0.6 is 0 Å². The van der Waals surface area contributed by atoms with Crippen LogP contribution in [0.3, 0.4) is 0 Å². The van der Waals surface area contributed by atoms with E-state index in [4.69, 9.17) is 9.84 Å². The average Bonchev–Trinajstić information content (AvgIpc) is 2.24. The first kappa shape index (κ1) is 11.6. The SMILES string of the molecule is Cc1c(F)ccc2c1CC(C)(C(=O)O)OC2=O. The minimum atomic E-state index is -1.62. The zero-order chi connectivity index (χ0) is 12.8. The number of fused-ring (bicyclic) bond motifs is 1. The van der Waals surface area contributed by atoms with Crippen LogP contribution in [-0.2, 0) is 16.0 Å². The molecule has 0 fully saturated rings. The lowest BCUT2D eigenvalue weighted by Gasteiger charge is -2.31. The van der Waals surface area contributed by atoms with Gasteiger partial charge >= 0.3 is 11.9 Å². The van der Waals surface area contributed by atoms with Crippen LogP contribution in [0, 0.1) is 12.7 Å². The maximum atomic E-state index is 13.4. The number of esters is 1. The van der Waals surface area contributed by atoms with Gasteiger partial charge in [0.1, 0.15) is 5.82 Å². The Morgan fingerprint density at radius 2 is 2.18 bits per heavy atom. The number of rotatable bonds is 1. The maximum absolute atomic E-state index is 13.4. The van der Waals surface area contributed by atoms with Crippen molar-refractivity contribution >= 4 is 11.9 Å². The molecule has 1 unspecified atom stereocenters. The third kappa shape index (κ3) is 1.67. The second-order valence-corrected chi connectivity index (χ2v) is 4.30. The number of benzene rings is 1. The van der Waals surface area contributed by atoms with Gasteiger partial charge in [-0.15, -0.1) is 0 Å². The molecule has 0 radical (unpaired) electrons. The normalized spacial score (nSPS) is 22.9. The molecule has 1 aromatic rings. The van der Waals surface area contributed by atoms with E-state index in [1.165, 1.54) is 26.0 Å². The van der Waals surface area contributed by atoms with E-state index in [0.717, 1.165) is 0 Å². The highest BCUT2D eigenvalue weighted by molar-refractivity contribution is 5.96. The molecule has 4 nitrogen and oxygen atoms in total.